The summed E-state index contributed by atoms with van der Waals surface area (Å²) < 4.78 is 22.1. The third kappa shape index (κ3) is 5.97. The van der Waals surface area contributed by atoms with Crippen molar-refractivity contribution in [2.45, 2.75) is 61.5 Å². The maximum atomic E-state index is 11.0. The lowest BCUT2D eigenvalue weighted by Gasteiger charge is -2.22. The Kier molecular flexibility index (Phi) is 7.89. The zero-order chi connectivity index (χ0) is 13.7. The summed E-state index contributed by atoms with van der Waals surface area (Å²) in [5.74, 6) is 0. The molecule has 2 aliphatic heterocycles. The summed E-state index contributed by atoms with van der Waals surface area (Å²) in [6, 6.07) is 0. The van der Waals surface area contributed by atoms with E-state index in [-0.39, 0.29) is 0 Å². The summed E-state index contributed by atoms with van der Waals surface area (Å²) >= 11 is 3.66. The summed E-state index contributed by atoms with van der Waals surface area (Å²) in [5.41, 5.74) is 0. The number of rotatable bonds is 0. The normalized spacial score (nSPS) is 44.9. The smallest absolute Gasteiger partial charge is 0.0697 e. The van der Waals surface area contributed by atoms with Crippen LogP contribution in [0.25, 0.3) is 0 Å². The summed E-state index contributed by atoms with van der Waals surface area (Å²) in [4.78, 5) is 0. The van der Waals surface area contributed by atoms with E-state index in [9.17, 15) is 8.42 Å². The molecule has 2 fully saturated rings. The number of thioether (sulfide) groups is 2. The van der Waals surface area contributed by atoms with E-state index in [0.29, 0.717) is 10.5 Å². The number of hydrogen-bond donors (Lipinski definition) is 0. The summed E-state index contributed by atoms with van der Waals surface area (Å²) in [6.07, 6.45) is 2.24. The topological polar surface area (TPSA) is 34.1 Å². The molecule has 0 amide bonds. The Hall–Kier alpha value is 1.000. The highest BCUT2D eigenvalue weighted by Gasteiger charge is 2.21. The molecular weight excluding hydrogens is 304 g/mol. The molecule has 0 N–H and O–H groups in total. The van der Waals surface area contributed by atoms with Gasteiger partial charge in [0.1, 0.15) is 0 Å². The molecule has 0 aromatic rings. The van der Waals surface area contributed by atoms with E-state index in [1.54, 1.807) is 0 Å². The molecule has 0 aromatic carbocycles. The van der Waals surface area contributed by atoms with E-state index in [0.717, 1.165) is 33.5 Å². The van der Waals surface area contributed by atoms with Crippen LogP contribution >= 0.6 is 23.5 Å². The molecule has 0 bridgehead atoms. The molecule has 6 heteroatoms. The summed E-state index contributed by atoms with van der Waals surface area (Å²) in [5, 5.41) is 4.00. The Morgan fingerprint density at radius 2 is 1.11 bits per heavy atom. The van der Waals surface area contributed by atoms with Gasteiger partial charge in [0.15, 0.2) is 0 Å². The molecular formula is C12H24O2S4. The fourth-order valence-corrected chi connectivity index (χ4v) is 8.77. The van der Waals surface area contributed by atoms with Crippen molar-refractivity contribution in [2.75, 3.05) is 10.2 Å². The van der Waals surface area contributed by atoms with Crippen LogP contribution in [0.5, 0.6) is 0 Å². The van der Waals surface area contributed by atoms with Crippen LogP contribution in [0.3, 0.4) is 0 Å². The first-order valence-corrected chi connectivity index (χ1v) is 11.2. The molecule has 2 rings (SSSR count). The van der Waals surface area contributed by atoms with E-state index in [4.69, 9.17) is 0 Å². The lowest BCUT2D eigenvalue weighted by Crippen LogP contribution is -2.23. The highest BCUT2D eigenvalue weighted by molar-refractivity contribution is 8.11. The van der Waals surface area contributed by atoms with E-state index >= 15 is 0 Å². The minimum Gasteiger partial charge on any atom is -0.258 e. The van der Waals surface area contributed by atoms with Gasteiger partial charge in [-0.1, -0.05) is 27.7 Å². The Labute approximate surface area is 125 Å². The standard InChI is InChI=1S/2C6H12OS2/c2*1-5-3-6(2)9(7)4-8-5/h2*5-6H,3-4H2,1-2H3. The molecule has 18 heavy (non-hydrogen) atoms. The van der Waals surface area contributed by atoms with Crippen LogP contribution in [0, 0.1) is 0 Å². The SMILES string of the molecule is CC1CC(C)S(=O)CS1.CC1CC(C)S(=O)CS1. The van der Waals surface area contributed by atoms with Crippen molar-refractivity contribution in [1.29, 1.82) is 0 Å². The Morgan fingerprint density at radius 1 is 0.778 bits per heavy atom. The van der Waals surface area contributed by atoms with Crippen molar-refractivity contribution >= 4 is 45.1 Å². The molecule has 0 radical (unpaired) electrons. The van der Waals surface area contributed by atoms with Crippen molar-refractivity contribution in [3.8, 4) is 0 Å². The van der Waals surface area contributed by atoms with Crippen molar-refractivity contribution < 1.29 is 8.42 Å². The average Bonchev–Trinajstić information content (AvgIpc) is 2.30. The minimum absolute atomic E-state index is 0.432. The van der Waals surface area contributed by atoms with Crippen LogP contribution in [0.1, 0.15) is 40.5 Å². The predicted molar refractivity (Wildman–Crippen MR) is 88.3 cm³/mol. The van der Waals surface area contributed by atoms with Gasteiger partial charge >= 0.3 is 0 Å². The molecule has 2 heterocycles. The Bertz CT molecular complexity index is 278. The fraction of sp³-hybridized carbons (Fsp3) is 1.00. The summed E-state index contributed by atoms with van der Waals surface area (Å²) in [7, 11) is -1.09. The summed E-state index contributed by atoms with van der Waals surface area (Å²) in [6.45, 7) is 8.56. The second-order valence-corrected chi connectivity index (χ2v) is 12.3. The molecule has 0 aliphatic carbocycles. The van der Waals surface area contributed by atoms with Crippen LogP contribution in [0.15, 0.2) is 0 Å². The van der Waals surface area contributed by atoms with Gasteiger partial charge in [0.2, 0.25) is 0 Å². The van der Waals surface area contributed by atoms with Gasteiger partial charge in [-0.05, 0) is 12.8 Å². The molecule has 6 unspecified atom stereocenters. The third-order valence-corrected chi connectivity index (χ3v) is 9.81. The monoisotopic (exact) mass is 328 g/mol. The minimum atomic E-state index is -0.543. The average molecular weight is 329 g/mol. The second-order valence-electron chi connectivity index (χ2n) is 5.04. The molecule has 2 nitrogen and oxygen atoms in total. The van der Waals surface area contributed by atoms with Crippen LogP contribution in [0.4, 0.5) is 0 Å². The molecule has 0 aromatic heterocycles. The number of hydrogen-bond acceptors (Lipinski definition) is 4. The first kappa shape index (κ1) is 17.1. The van der Waals surface area contributed by atoms with Crippen molar-refractivity contribution in [3.05, 3.63) is 0 Å². The largest absolute Gasteiger partial charge is 0.258 e. The van der Waals surface area contributed by atoms with Gasteiger partial charge in [0.25, 0.3) is 0 Å². The first-order chi connectivity index (χ1) is 8.40. The Balaban J connectivity index is 0.000000180. The quantitative estimate of drug-likeness (QED) is 0.684. The van der Waals surface area contributed by atoms with Gasteiger partial charge < -0.3 is 0 Å². The van der Waals surface area contributed by atoms with Gasteiger partial charge in [-0.3, -0.25) is 8.42 Å². The molecule has 2 aliphatic rings. The predicted octanol–water partition coefficient (Wildman–Crippen LogP) is 3.21. The van der Waals surface area contributed by atoms with Gasteiger partial charge in [-0.2, -0.15) is 0 Å². The van der Waals surface area contributed by atoms with Crippen LogP contribution in [0.2, 0.25) is 0 Å². The lowest BCUT2D eigenvalue weighted by atomic mass is 10.3. The molecule has 2 saturated heterocycles. The molecule has 0 saturated carbocycles. The molecule has 0 spiro atoms. The zero-order valence-corrected chi connectivity index (χ0v) is 14.9. The first-order valence-electron chi connectivity index (χ1n) is 6.37. The second kappa shape index (κ2) is 8.32. The van der Waals surface area contributed by atoms with E-state index < -0.39 is 21.6 Å². The van der Waals surface area contributed by atoms with Gasteiger partial charge in [-0.15, -0.1) is 23.5 Å². The molecule has 6 atom stereocenters. The van der Waals surface area contributed by atoms with Crippen LogP contribution in [-0.4, -0.2) is 39.6 Å². The fourth-order valence-electron chi connectivity index (χ4n) is 1.88. The molecule has 108 valence electrons. The van der Waals surface area contributed by atoms with E-state index in [1.165, 1.54) is 0 Å². The highest BCUT2D eigenvalue weighted by atomic mass is 32.2. The lowest BCUT2D eigenvalue weighted by molar-refractivity contribution is 0.664. The van der Waals surface area contributed by atoms with E-state index in [1.807, 2.05) is 23.5 Å². The van der Waals surface area contributed by atoms with Crippen molar-refractivity contribution in [1.82, 2.24) is 0 Å². The Morgan fingerprint density at radius 3 is 1.33 bits per heavy atom. The van der Waals surface area contributed by atoms with Gasteiger partial charge in [-0.25, -0.2) is 0 Å². The van der Waals surface area contributed by atoms with Crippen LogP contribution < -0.4 is 0 Å². The zero-order valence-electron chi connectivity index (χ0n) is 11.6. The highest BCUT2D eigenvalue weighted by Crippen LogP contribution is 2.26. The maximum absolute atomic E-state index is 11.0. The van der Waals surface area contributed by atoms with Gasteiger partial charge in [0, 0.05) is 42.6 Å². The maximum Gasteiger partial charge on any atom is 0.0697 e. The van der Waals surface area contributed by atoms with Crippen molar-refractivity contribution in [3.63, 3.8) is 0 Å². The van der Waals surface area contributed by atoms with E-state index in [2.05, 4.69) is 27.7 Å². The van der Waals surface area contributed by atoms with Gasteiger partial charge in [0.05, 0.1) is 10.2 Å². The van der Waals surface area contributed by atoms with Crippen molar-refractivity contribution in [2.24, 2.45) is 0 Å². The van der Waals surface area contributed by atoms with Crippen LogP contribution in [-0.2, 0) is 21.6 Å². The third-order valence-electron chi connectivity index (χ3n) is 3.16.